The second-order valence-electron chi connectivity index (χ2n) is 7.75. The van der Waals surface area contributed by atoms with E-state index in [1.165, 1.54) is 41.1 Å². The third-order valence-corrected chi connectivity index (χ3v) is 6.75. The number of aromatic nitrogens is 3. The minimum atomic E-state index is -4.28. The van der Waals surface area contributed by atoms with Crippen LogP contribution in [-0.4, -0.2) is 35.7 Å². The molecular weight excluding hydrogens is 454 g/mol. The summed E-state index contributed by atoms with van der Waals surface area (Å²) < 4.78 is 34.2. The van der Waals surface area contributed by atoms with Gasteiger partial charge in [-0.2, -0.15) is 5.26 Å². The van der Waals surface area contributed by atoms with Gasteiger partial charge in [-0.3, -0.25) is 4.79 Å². The second kappa shape index (κ2) is 8.26. The van der Waals surface area contributed by atoms with Gasteiger partial charge in [-0.15, -0.1) is 5.10 Å². The molecule has 0 aliphatic heterocycles. The first-order valence-corrected chi connectivity index (χ1v) is 11.5. The number of halogens is 1. The lowest BCUT2D eigenvalue weighted by molar-refractivity contribution is 0.0981. The van der Waals surface area contributed by atoms with E-state index >= 15 is 0 Å². The Bertz CT molecular complexity index is 1340. The number of rotatable bonds is 7. The summed E-state index contributed by atoms with van der Waals surface area (Å²) in [5.74, 6) is -0.194. The highest BCUT2D eigenvalue weighted by molar-refractivity contribution is 7.90. The van der Waals surface area contributed by atoms with Crippen LogP contribution in [0, 0.1) is 16.7 Å². The molecule has 1 aromatic carbocycles. The third kappa shape index (κ3) is 4.59. The molecule has 1 fully saturated rings. The van der Waals surface area contributed by atoms with E-state index in [4.69, 9.17) is 21.6 Å². The number of nitrogens with one attached hydrogen (secondary N) is 1. The molecular formula is C21H18ClN5O4S. The van der Waals surface area contributed by atoms with Crippen LogP contribution in [0.2, 0.25) is 5.15 Å². The Morgan fingerprint density at radius 3 is 2.72 bits per heavy atom. The average molecular weight is 472 g/mol. The highest BCUT2D eigenvalue weighted by Crippen LogP contribution is 2.44. The molecule has 1 aliphatic rings. The maximum atomic E-state index is 12.6. The molecule has 164 valence electrons. The molecule has 2 heterocycles. The summed E-state index contributed by atoms with van der Waals surface area (Å²) in [7, 11) is -4.28. The van der Waals surface area contributed by atoms with Crippen LogP contribution in [0.25, 0.3) is 5.82 Å². The molecule has 1 saturated carbocycles. The van der Waals surface area contributed by atoms with Crippen molar-refractivity contribution < 1.29 is 17.9 Å². The van der Waals surface area contributed by atoms with E-state index in [1.54, 1.807) is 18.3 Å². The van der Waals surface area contributed by atoms with E-state index in [0.717, 1.165) is 12.8 Å². The monoisotopic (exact) mass is 471 g/mol. The first-order chi connectivity index (χ1) is 15.2. The Hall–Kier alpha value is -3.42. The van der Waals surface area contributed by atoms with E-state index in [2.05, 4.69) is 17.0 Å². The van der Waals surface area contributed by atoms with Gasteiger partial charge in [-0.1, -0.05) is 30.7 Å². The van der Waals surface area contributed by atoms with Crippen LogP contribution in [0.15, 0.2) is 53.6 Å². The molecule has 4 rings (SSSR count). The van der Waals surface area contributed by atoms with Gasteiger partial charge in [0.05, 0.1) is 17.7 Å². The Kier molecular flexibility index (Phi) is 5.62. The van der Waals surface area contributed by atoms with Crippen molar-refractivity contribution >= 4 is 27.5 Å². The quantitative estimate of drug-likeness (QED) is 0.524. The normalized spacial score (nSPS) is 14.4. The number of amides is 1. The first kappa shape index (κ1) is 21.8. The molecule has 3 aromatic rings. The summed E-state index contributed by atoms with van der Waals surface area (Å²) in [6.07, 6.45) is 3.91. The maximum absolute atomic E-state index is 12.6. The molecule has 1 aliphatic carbocycles. The van der Waals surface area contributed by atoms with Crippen LogP contribution < -0.4 is 9.46 Å². The molecule has 2 aromatic heterocycles. The van der Waals surface area contributed by atoms with Gasteiger partial charge in [0.2, 0.25) is 5.88 Å². The van der Waals surface area contributed by atoms with Gasteiger partial charge < -0.3 is 4.74 Å². The van der Waals surface area contributed by atoms with Gasteiger partial charge in [-0.05, 0) is 37.1 Å². The van der Waals surface area contributed by atoms with Crippen molar-refractivity contribution in [2.45, 2.75) is 24.7 Å². The number of carbonyl (C=O) groups excluding carboxylic acids is 1. The van der Waals surface area contributed by atoms with Gasteiger partial charge in [0.1, 0.15) is 16.1 Å². The van der Waals surface area contributed by atoms with Crippen molar-refractivity contribution in [2.24, 2.45) is 5.41 Å². The molecule has 1 amide bonds. The number of carbonyl (C=O) groups is 1. The largest absolute Gasteiger partial charge is 0.476 e. The first-order valence-electron chi connectivity index (χ1n) is 9.62. The minimum absolute atomic E-state index is 0.0836. The Balaban J connectivity index is 1.50. The number of nitriles is 1. The fourth-order valence-electron chi connectivity index (χ4n) is 2.86. The molecule has 0 saturated heterocycles. The second-order valence-corrected chi connectivity index (χ2v) is 9.76. The van der Waals surface area contributed by atoms with Gasteiger partial charge >= 0.3 is 0 Å². The molecule has 0 spiro atoms. The predicted molar refractivity (Wildman–Crippen MR) is 115 cm³/mol. The molecule has 0 bridgehead atoms. The average Bonchev–Trinajstić information content (AvgIpc) is 3.31. The minimum Gasteiger partial charge on any atom is -0.476 e. The summed E-state index contributed by atoms with van der Waals surface area (Å²) in [4.78, 5) is 16.4. The van der Waals surface area contributed by atoms with Crippen molar-refractivity contribution in [1.82, 2.24) is 19.5 Å². The number of benzene rings is 1. The van der Waals surface area contributed by atoms with E-state index in [9.17, 15) is 13.2 Å². The number of hydrogen-bond donors (Lipinski definition) is 1. The highest BCUT2D eigenvalue weighted by atomic mass is 35.5. The predicted octanol–water partition coefficient (Wildman–Crippen LogP) is 3.09. The summed E-state index contributed by atoms with van der Waals surface area (Å²) in [6, 6.07) is 11.9. The van der Waals surface area contributed by atoms with Crippen LogP contribution in [0.3, 0.4) is 0 Å². The third-order valence-electron chi connectivity index (χ3n) is 5.07. The lowest BCUT2D eigenvalue weighted by Crippen LogP contribution is -2.31. The molecule has 1 N–H and O–H groups in total. The molecule has 11 heteroatoms. The van der Waals surface area contributed by atoms with Gasteiger partial charge in [0.15, 0.2) is 5.82 Å². The van der Waals surface area contributed by atoms with Crippen molar-refractivity contribution in [3.8, 4) is 17.8 Å². The molecule has 9 nitrogen and oxygen atoms in total. The lowest BCUT2D eigenvalue weighted by Gasteiger charge is -2.10. The number of ether oxygens (including phenoxy) is 1. The smallest absolute Gasteiger partial charge is 0.268 e. The lowest BCUT2D eigenvalue weighted by atomic mass is 10.2. The number of pyridine rings is 1. The zero-order valence-electron chi connectivity index (χ0n) is 16.9. The summed E-state index contributed by atoms with van der Waals surface area (Å²) in [6.45, 7) is 2.73. The Morgan fingerprint density at radius 1 is 1.28 bits per heavy atom. The fraction of sp³-hybridized carbons (Fsp3) is 0.238. The molecule has 0 unspecified atom stereocenters. The molecule has 32 heavy (non-hydrogen) atoms. The van der Waals surface area contributed by atoms with Crippen LogP contribution in [-0.2, 0) is 10.0 Å². The van der Waals surface area contributed by atoms with Crippen molar-refractivity contribution in [1.29, 1.82) is 5.26 Å². The zero-order valence-corrected chi connectivity index (χ0v) is 18.5. The topological polar surface area (TPSA) is 127 Å². The zero-order chi connectivity index (χ0) is 22.9. The number of nitrogens with zero attached hydrogens (tertiary/aromatic N) is 4. The van der Waals surface area contributed by atoms with Gasteiger partial charge in [0.25, 0.3) is 15.9 Å². The van der Waals surface area contributed by atoms with Gasteiger partial charge in [0, 0.05) is 17.7 Å². The number of hydrogen-bond acceptors (Lipinski definition) is 7. The van der Waals surface area contributed by atoms with Crippen LogP contribution in [0.1, 0.15) is 35.7 Å². The summed E-state index contributed by atoms with van der Waals surface area (Å²) in [5.41, 5.74) is -0.00693. The van der Waals surface area contributed by atoms with Crippen molar-refractivity contribution in [2.75, 3.05) is 6.61 Å². The maximum Gasteiger partial charge on any atom is 0.268 e. The van der Waals surface area contributed by atoms with Crippen LogP contribution in [0.4, 0.5) is 0 Å². The van der Waals surface area contributed by atoms with Gasteiger partial charge in [-0.25, -0.2) is 22.8 Å². The summed E-state index contributed by atoms with van der Waals surface area (Å²) >= 11 is 6.15. The molecule has 0 radical (unpaired) electrons. The van der Waals surface area contributed by atoms with E-state index in [1.807, 2.05) is 4.72 Å². The summed E-state index contributed by atoms with van der Waals surface area (Å²) in [5, 5.41) is 13.2. The number of sulfonamides is 1. The van der Waals surface area contributed by atoms with Crippen LogP contribution >= 0.6 is 11.6 Å². The van der Waals surface area contributed by atoms with E-state index in [-0.39, 0.29) is 26.6 Å². The standard InChI is InChI=1S/C21H18ClN5O4S/c1-21(9-10-21)13-31-18-8-11-27(25-18)17-7-6-15(19(22)24-17)20(28)26-32(29,30)16-5-3-2-4-14(16)12-23/h2-8,11H,9-10,13H2,1H3,(H,26,28). The SMILES string of the molecule is CC1(COc2ccn(-c3ccc(C(=O)NS(=O)(=O)c4ccccc4C#N)c(Cl)n3)n2)CC1. The van der Waals surface area contributed by atoms with E-state index < -0.39 is 15.9 Å². The highest BCUT2D eigenvalue weighted by Gasteiger charge is 2.38. The van der Waals surface area contributed by atoms with E-state index in [0.29, 0.717) is 18.3 Å². The van der Waals surface area contributed by atoms with Crippen LogP contribution in [0.5, 0.6) is 5.88 Å². The Labute approximate surface area is 189 Å². The Morgan fingerprint density at radius 2 is 2.03 bits per heavy atom. The molecule has 0 atom stereocenters. The fourth-order valence-corrected chi connectivity index (χ4v) is 4.22. The van der Waals surface area contributed by atoms with Crippen molar-refractivity contribution in [3.05, 3.63) is 64.9 Å². The van der Waals surface area contributed by atoms with Crippen molar-refractivity contribution in [3.63, 3.8) is 0 Å².